The van der Waals surface area contributed by atoms with E-state index in [9.17, 15) is 0 Å². The Kier molecular flexibility index (Phi) is 3.87. The number of aryl methyl sites for hydroxylation is 1. The van der Waals surface area contributed by atoms with Crippen LogP contribution in [0.5, 0.6) is 11.6 Å². The summed E-state index contributed by atoms with van der Waals surface area (Å²) in [5.74, 6) is 0.793. The molecule has 0 bridgehead atoms. The normalized spacial score (nSPS) is 11.4. The summed E-state index contributed by atoms with van der Waals surface area (Å²) in [6, 6.07) is 8.58. The Morgan fingerprint density at radius 1 is 1.32 bits per heavy atom. The van der Waals surface area contributed by atoms with Gasteiger partial charge in [0.25, 0.3) is 0 Å². The summed E-state index contributed by atoms with van der Waals surface area (Å²) < 4.78 is 5.63. The number of hydrogen-bond acceptors (Lipinski definition) is 4. The number of oxime groups is 1. The zero-order chi connectivity index (χ0) is 13.8. The second-order valence-corrected chi connectivity index (χ2v) is 4.29. The van der Waals surface area contributed by atoms with E-state index < -0.39 is 0 Å². The summed E-state index contributed by atoms with van der Waals surface area (Å²) in [6.07, 6.45) is 1.59. The molecule has 1 heterocycles. The first-order valence-electron chi connectivity index (χ1n) is 5.48. The summed E-state index contributed by atoms with van der Waals surface area (Å²) in [5.41, 5.74) is 6.89. The van der Waals surface area contributed by atoms with Crippen LogP contribution in [0.4, 0.5) is 0 Å². The van der Waals surface area contributed by atoms with Crippen molar-refractivity contribution in [2.75, 3.05) is 0 Å². The molecule has 0 atom stereocenters. The number of pyridine rings is 1. The van der Waals surface area contributed by atoms with Crippen molar-refractivity contribution in [3.05, 3.63) is 52.7 Å². The minimum Gasteiger partial charge on any atom is -0.438 e. The molecule has 0 radical (unpaired) electrons. The Hall–Kier alpha value is -2.27. The van der Waals surface area contributed by atoms with Gasteiger partial charge in [0.1, 0.15) is 5.75 Å². The maximum Gasteiger partial charge on any atom is 0.230 e. The second-order valence-electron chi connectivity index (χ2n) is 3.85. The molecule has 98 valence electrons. The van der Waals surface area contributed by atoms with Gasteiger partial charge in [-0.25, -0.2) is 4.98 Å². The van der Waals surface area contributed by atoms with E-state index in [4.69, 9.17) is 27.3 Å². The van der Waals surface area contributed by atoms with Gasteiger partial charge in [0.15, 0.2) is 5.84 Å². The van der Waals surface area contributed by atoms with E-state index in [0.717, 1.165) is 5.56 Å². The molecule has 5 nitrogen and oxygen atoms in total. The van der Waals surface area contributed by atoms with Crippen molar-refractivity contribution >= 4 is 17.4 Å². The van der Waals surface area contributed by atoms with E-state index >= 15 is 0 Å². The van der Waals surface area contributed by atoms with Gasteiger partial charge in [-0.05, 0) is 42.8 Å². The lowest BCUT2D eigenvalue weighted by Crippen LogP contribution is -2.16. The lowest BCUT2D eigenvalue weighted by atomic mass is 10.1. The fraction of sp³-hybridized carbons (Fsp3) is 0.0769. The van der Waals surface area contributed by atoms with E-state index in [1.807, 2.05) is 6.92 Å². The van der Waals surface area contributed by atoms with E-state index in [2.05, 4.69) is 10.1 Å². The highest BCUT2D eigenvalue weighted by molar-refractivity contribution is 6.30. The highest BCUT2D eigenvalue weighted by Crippen LogP contribution is 2.26. The monoisotopic (exact) mass is 277 g/mol. The van der Waals surface area contributed by atoms with Gasteiger partial charge in [-0.15, -0.1) is 0 Å². The molecule has 6 heteroatoms. The molecule has 1 aromatic heterocycles. The molecular formula is C13H12ClN3O2. The van der Waals surface area contributed by atoms with E-state index in [1.54, 1.807) is 36.5 Å². The lowest BCUT2D eigenvalue weighted by molar-refractivity contribution is 0.318. The first-order chi connectivity index (χ1) is 9.11. The maximum absolute atomic E-state index is 8.80. The molecule has 0 aliphatic rings. The number of hydrogen-bond donors (Lipinski definition) is 2. The highest BCUT2D eigenvalue weighted by Gasteiger charge is 2.13. The molecular weight excluding hydrogens is 266 g/mol. The zero-order valence-electron chi connectivity index (χ0n) is 10.2. The van der Waals surface area contributed by atoms with E-state index in [0.29, 0.717) is 16.3 Å². The van der Waals surface area contributed by atoms with Gasteiger partial charge < -0.3 is 15.7 Å². The number of rotatable bonds is 3. The number of amidine groups is 1. The topological polar surface area (TPSA) is 80.7 Å². The Bertz CT molecular complexity index is 612. The fourth-order valence-electron chi connectivity index (χ4n) is 1.59. The first kappa shape index (κ1) is 13.2. The van der Waals surface area contributed by atoms with Gasteiger partial charge >= 0.3 is 0 Å². The number of ether oxygens (including phenoxy) is 1. The fourth-order valence-corrected chi connectivity index (χ4v) is 1.71. The number of aromatic nitrogens is 1. The Balaban J connectivity index is 2.40. The molecule has 0 aliphatic heterocycles. The minimum absolute atomic E-state index is 0.0467. The van der Waals surface area contributed by atoms with Gasteiger partial charge in [0.2, 0.25) is 5.88 Å². The zero-order valence-corrected chi connectivity index (χ0v) is 10.9. The molecule has 0 fully saturated rings. The van der Waals surface area contributed by atoms with Crippen molar-refractivity contribution < 1.29 is 9.94 Å². The van der Waals surface area contributed by atoms with Crippen molar-refractivity contribution in [1.29, 1.82) is 0 Å². The average molecular weight is 278 g/mol. The van der Waals surface area contributed by atoms with Crippen molar-refractivity contribution in [3.63, 3.8) is 0 Å². The quantitative estimate of drug-likeness (QED) is 0.391. The summed E-state index contributed by atoms with van der Waals surface area (Å²) >= 11 is 5.80. The Morgan fingerprint density at radius 3 is 2.63 bits per heavy atom. The van der Waals surface area contributed by atoms with Crippen molar-refractivity contribution in [3.8, 4) is 11.6 Å². The van der Waals surface area contributed by atoms with Crippen LogP contribution in [-0.2, 0) is 0 Å². The molecule has 19 heavy (non-hydrogen) atoms. The molecule has 3 N–H and O–H groups in total. The molecule has 0 saturated carbocycles. The smallest absolute Gasteiger partial charge is 0.230 e. The SMILES string of the molecule is Cc1ccnc(Oc2ccc(Cl)cc2)c1/C(N)=N/O. The minimum atomic E-state index is -0.0467. The number of benzene rings is 1. The van der Waals surface area contributed by atoms with Gasteiger partial charge in [0, 0.05) is 11.2 Å². The lowest BCUT2D eigenvalue weighted by Gasteiger charge is -2.11. The summed E-state index contributed by atoms with van der Waals surface area (Å²) in [5, 5.41) is 12.4. The molecule has 1 aromatic carbocycles. The van der Waals surface area contributed by atoms with Crippen LogP contribution in [0.3, 0.4) is 0 Å². The molecule has 0 amide bonds. The van der Waals surface area contributed by atoms with Gasteiger partial charge in [0.05, 0.1) is 5.56 Å². The van der Waals surface area contributed by atoms with Crippen molar-refractivity contribution in [2.24, 2.45) is 10.9 Å². The van der Waals surface area contributed by atoms with Gasteiger partial charge in [-0.3, -0.25) is 0 Å². The predicted octanol–water partition coefficient (Wildman–Crippen LogP) is 2.93. The van der Waals surface area contributed by atoms with Gasteiger partial charge in [-0.2, -0.15) is 0 Å². The molecule has 2 rings (SSSR count). The van der Waals surface area contributed by atoms with Crippen LogP contribution in [-0.4, -0.2) is 16.0 Å². The molecule has 0 unspecified atom stereocenters. The van der Waals surface area contributed by atoms with E-state index in [-0.39, 0.29) is 11.7 Å². The predicted molar refractivity (Wildman–Crippen MR) is 73.0 cm³/mol. The van der Waals surface area contributed by atoms with E-state index in [1.165, 1.54) is 0 Å². The molecule has 0 aliphatic carbocycles. The second kappa shape index (κ2) is 5.58. The van der Waals surface area contributed by atoms with Crippen LogP contribution in [0.1, 0.15) is 11.1 Å². The Morgan fingerprint density at radius 2 is 2.00 bits per heavy atom. The van der Waals surface area contributed by atoms with Crippen LogP contribution in [0.25, 0.3) is 0 Å². The summed E-state index contributed by atoms with van der Waals surface area (Å²) in [6.45, 7) is 1.82. The van der Waals surface area contributed by atoms with Crippen LogP contribution < -0.4 is 10.5 Å². The third-order valence-corrected chi connectivity index (χ3v) is 2.77. The third kappa shape index (κ3) is 2.95. The highest BCUT2D eigenvalue weighted by atomic mass is 35.5. The maximum atomic E-state index is 8.80. The van der Waals surface area contributed by atoms with Crippen molar-refractivity contribution in [2.45, 2.75) is 6.92 Å². The number of nitrogens with two attached hydrogens (primary N) is 1. The van der Waals surface area contributed by atoms with Gasteiger partial charge in [-0.1, -0.05) is 16.8 Å². The molecule has 0 spiro atoms. The number of halogens is 1. The summed E-state index contributed by atoms with van der Waals surface area (Å²) in [7, 11) is 0. The van der Waals surface area contributed by atoms with Crippen molar-refractivity contribution in [1.82, 2.24) is 4.98 Å². The van der Waals surface area contributed by atoms with Crippen LogP contribution in [0.2, 0.25) is 5.02 Å². The molecule has 2 aromatic rings. The standard InChI is InChI=1S/C13H12ClN3O2/c1-8-6-7-16-13(11(8)12(15)17-18)19-10-4-2-9(14)3-5-10/h2-7,18H,1H3,(H2,15,17). The third-order valence-electron chi connectivity index (χ3n) is 2.52. The van der Waals surface area contributed by atoms with Crippen LogP contribution in [0, 0.1) is 6.92 Å². The average Bonchev–Trinajstić information content (AvgIpc) is 2.41. The first-order valence-corrected chi connectivity index (χ1v) is 5.86. The van der Waals surface area contributed by atoms with Crippen LogP contribution in [0.15, 0.2) is 41.7 Å². The number of nitrogens with zero attached hydrogens (tertiary/aromatic N) is 2. The largest absolute Gasteiger partial charge is 0.438 e. The Labute approximate surface area is 115 Å². The van der Waals surface area contributed by atoms with Crippen LogP contribution >= 0.6 is 11.6 Å². The summed E-state index contributed by atoms with van der Waals surface area (Å²) in [4.78, 5) is 4.10. The molecule has 0 saturated heterocycles.